The highest BCUT2D eigenvalue weighted by atomic mass is 32.1. The number of amides is 1. The van der Waals surface area contributed by atoms with E-state index in [1.165, 1.54) is 18.3 Å². The first-order chi connectivity index (χ1) is 7.54. The molecule has 0 aliphatic carbocycles. The largest absolute Gasteiger partial charge is 0.320 e. The van der Waals surface area contributed by atoms with E-state index in [1.807, 2.05) is 6.92 Å². The molecule has 0 radical (unpaired) electrons. The Balaban J connectivity index is 2.59. The van der Waals surface area contributed by atoms with Crippen LogP contribution < -0.4 is 11.1 Å². The quantitative estimate of drug-likeness (QED) is 0.763. The third-order valence-electron chi connectivity index (χ3n) is 2.03. The highest BCUT2D eigenvalue weighted by molar-refractivity contribution is 7.14. The van der Waals surface area contributed by atoms with Crippen molar-refractivity contribution in [3.63, 3.8) is 0 Å². The Morgan fingerprint density at radius 3 is 2.81 bits per heavy atom. The molecule has 0 saturated heterocycles. The van der Waals surface area contributed by atoms with Crippen LogP contribution in [-0.4, -0.2) is 22.7 Å². The van der Waals surface area contributed by atoms with Crippen molar-refractivity contribution in [2.75, 3.05) is 5.32 Å². The summed E-state index contributed by atoms with van der Waals surface area (Å²) in [6, 6.07) is -0.519. The molecule has 1 rings (SSSR count). The summed E-state index contributed by atoms with van der Waals surface area (Å²) >= 11 is 1.22. The zero-order chi connectivity index (χ0) is 12.1. The van der Waals surface area contributed by atoms with E-state index in [0.717, 1.165) is 6.42 Å². The standard InChI is InChI=1S/C10H15N3O2S/c1-3-4-7(11)9(15)13-10-12-8(5-16-10)6(2)14/h5,7H,3-4,11H2,1-2H3,(H,12,13,15). The monoisotopic (exact) mass is 241 g/mol. The van der Waals surface area contributed by atoms with E-state index < -0.39 is 6.04 Å². The van der Waals surface area contributed by atoms with Crippen LogP contribution in [0.25, 0.3) is 0 Å². The molecule has 0 bridgehead atoms. The first-order valence-corrected chi connectivity index (χ1v) is 5.95. The lowest BCUT2D eigenvalue weighted by atomic mass is 10.2. The number of carbonyl (C=O) groups is 2. The van der Waals surface area contributed by atoms with Crippen LogP contribution in [0.5, 0.6) is 0 Å². The predicted molar refractivity (Wildman–Crippen MR) is 63.6 cm³/mol. The van der Waals surface area contributed by atoms with Crippen LogP contribution in [0.2, 0.25) is 0 Å². The minimum Gasteiger partial charge on any atom is -0.320 e. The molecule has 0 saturated carbocycles. The zero-order valence-corrected chi connectivity index (χ0v) is 10.1. The number of nitrogens with two attached hydrogens (primary N) is 1. The first-order valence-electron chi connectivity index (χ1n) is 5.07. The summed E-state index contributed by atoms with van der Waals surface area (Å²) < 4.78 is 0. The Hall–Kier alpha value is -1.27. The van der Waals surface area contributed by atoms with Crippen LogP contribution in [0.1, 0.15) is 37.2 Å². The van der Waals surface area contributed by atoms with E-state index in [1.54, 1.807) is 5.38 Å². The summed E-state index contributed by atoms with van der Waals surface area (Å²) in [5.41, 5.74) is 6.01. The molecule has 3 N–H and O–H groups in total. The number of nitrogens with zero attached hydrogens (tertiary/aromatic N) is 1. The molecule has 0 aliphatic heterocycles. The van der Waals surface area contributed by atoms with Gasteiger partial charge >= 0.3 is 0 Å². The minimum absolute atomic E-state index is 0.116. The van der Waals surface area contributed by atoms with Crippen LogP contribution in [0.4, 0.5) is 5.13 Å². The predicted octanol–water partition coefficient (Wildman–Crippen LogP) is 1.41. The Morgan fingerprint density at radius 2 is 2.31 bits per heavy atom. The second kappa shape index (κ2) is 5.72. The summed E-state index contributed by atoms with van der Waals surface area (Å²) in [6.07, 6.45) is 1.49. The molecule has 1 aromatic rings. The number of Topliss-reactive ketones (excluding diaryl/α,β-unsaturated/α-hetero) is 1. The number of thiazole rings is 1. The Morgan fingerprint density at radius 1 is 1.62 bits per heavy atom. The van der Waals surface area contributed by atoms with Crippen molar-refractivity contribution in [2.24, 2.45) is 5.73 Å². The smallest absolute Gasteiger partial charge is 0.243 e. The average molecular weight is 241 g/mol. The fourth-order valence-electron chi connectivity index (χ4n) is 1.13. The minimum atomic E-state index is -0.519. The van der Waals surface area contributed by atoms with Crippen molar-refractivity contribution in [3.05, 3.63) is 11.1 Å². The number of ketones is 1. The first kappa shape index (κ1) is 12.8. The van der Waals surface area contributed by atoms with Crippen LogP contribution in [-0.2, 0) is 4.79 Å². The topological polar surface area (TPSA) is 85.1 Å². The summed E-state index contributed by atoms with van der Waals surface area (Å²) in [5, 5.41) is 4.63. The van der Waals surface area contributed by atoms with Crippen molar-refractivity contribution in [1.29, 1.82) is 0 Å². The lowest BCUT2D eigenvalue weighted by Crippen LogP contribution is -2.35. The molecule has 88 valence electrons. The molecule has 1 atom stereocenters. The third kappa shape index (κ3) is 3.39. The zero-order valence-electron chi connectivity index (χ0n) is 9.32. The number of aromatic nitrogens is 1. The molecule has 1 aromatic heterocycles. The normalized spacial score (nSPS) is 12.2. The van der Waals surface area contributed by atoms with Gasteiger partial charge in [0, 0.05) is 12.3 Å². The molecule has 0 aromatic carbocycles. The van der Waals surface area contributed by atoms with E-state index in [4.69, 9.17) is 5.73 Å². The lowest BCUT2D eigenvalue weighted by molar-refractivity contribution is -0.117. The molecule has 1 unspecified atom stereocenters. The van der Waals surface area contributed by atoms with E-state index in [-0.39, 0.29) is 11.7 Å². The number of carbonyl (C=O) groups excluding carboxylic acids is 2. The summed E-state index contributed by atoms with van der Waals surface area (Å²) in [6.45, 7) is 3.40. The second-order valence-corrected chi connectivity index (χ2v) is 4.34. The van der Waals surface area contributed by atoms with Gasteiger partial charge in [-0.05, 0) is 6.42 Å². The van der Waals surface area contributed by atoms with Crippen LogP contribution in [0.15, 0.2) is 5.38 Å². The molecular weight excluding hydrogens is 226 g/mol. The van der Waals surface area contributed by atoms with Crippen molar-refractivity contribution >= 4 is 28.2 Å². The third-order valence-corrected chi connectivity index (χ3v) is 2.79. The Kier molecular flexibility index (Phi) is 4.57. The van der Waals surface area contributed by atoms with E-state index >= 15 is 0 Å². The molecule has 5 nitrogen and oxygen atoms in total. The molecule has 1 heterocycles. The van der Waals surface area contributed by atoms with Gasteiger partial charge in [0.15, 0.2) is 10.9 Å². The second-order valence-electron chi connectivity index (χ2n) is 3.48. The fraction of sp³-hybridized carbons (Fsp3) is 0.500. The van der Waals surface area contributed by atoms with Gasteiger partial charge in [0.1, 0.15) is 5.69 Å². The highest BCUT2D eigenvalue weighted by Crippen LogP contribution is 2.16. The maximum atomic E-state index is 11.5. The Bertz CT molecular complexity index is 389. The van der Waals surface area contributed by atoms with Gasteiger partial charge in [0.25, 0.3) is 0 Å². The average Bonchev–Trinajstić information content (AvgIpc) is 2.66. The van der Waals surface area contributed by atoms with Crippen LogP contribution >= 0.6 is 11.3 Å². The van der Waals surface area contributed by atoms with E-state index in [9.17, 15) is 9.59 Å². The fourth-order valence-corrected chi connectivity index (χ4v) is 1.89. The van der Waals surface area contributed by atoms with Crippen molar-refractivity contribution in [3.8, 4) is 0 Å². The number of nitrogens with one attached hydrogen (secondary N) is 1. The van der Waals surface area contributed by atoms with Crippen molar-refractivity contribution in [1.82, 2.24) is 4.98 Å². The van der Waals surface area contributed by atoms with Gasteiger partial charge in [0.05, 0.1) is 6.04 Å². The molecule has 0 spiro atoms. The number of rotatable bonds is 5. The molecule has 0 aliphatic rings. The molecule has 1 amide bonds. The van der Waals surface area contributed by atoms with Crippen LogP contribution in [0, 0.1) is 0 Å². The lowest BCUT2D eigenvalue weighted by Gasteiger charge is -2.08. The van der Waals surface area contributed by atoms with Crippen LogP contribution in [0.3, 0.4) is 0 Å². The maximum absolute atomic E-state index is 11.5. The van der Waals surface area contributed by atoms with Gasteiger partial charge in [-0.2, -0.15) is 0 Å². The van der Waals surface area contributed by atoms with Crippen molar-refractivity contribution in [2.45, 2.75) is 32.7 Å². The van der Waals surface area contributed by atoms with Crippen molar-refractivity contribution < 1.29 is 9.59 Å². The molecule has 16 heavy (non-hydrogen) atoms. The van der Waals surface area contributed by atoms with Gasteiger partial charge in [-0.15, -0.1) is 11.3 Å². The van der Waals surface area contributed by atoms with Gasteiger partial charge in [-0.3, -0.25) is 9.59 Å². The van der Waals surface area contributed by atoms with E-state index in [2.05, 4.69) is 10.3 Å². The van der Waals surface area contributed by atoms with Gasteiger partial charge in [0.2, 0.25) is 5.91 Å². The SMILES string of the molecule is CCCC(N)C(=O)Nc1nc(C(C)=O)cs1. The number of hydrogen-bond donors (Lipinski definition) is 2. The van der Waals surface area contributed by atoms with Gasteiger partial charge < -0.3 is 11.1 Å². The highest BCUT2D eigenvalue weighted by Gasteiger charge is 2.14. The summed E-state index contributed by atoms with van der Waals surface area (Å²) in [4.78, 5) is 26.5. The van der Waals surface area contributed by atoms with Gasteiger partial charge in [-0.1, -0.05) is 13.3 Å². The molecular formula is C10H15N3O2S. The Labute approximate surface area is 98.1 Å². The van der Waals surface area contributed by atoms with E-state index in [0.29, 0.717) is 17.2 Å². The number of anilines is 1. The maximum Gasteiger partial charge on any atom is 0.243 e. The molecule has 6 heteroatoms. The summed E-state index contributed by atoms with van der Waals surface area (Å²) in [5.74, 6) is -0.374. The van der Waals surface area contributed by atoms with Gasteiger partial charge in [-0.25, -0.2) is 4.98 Å². The summed E-state index contributed by atoms with van der Waals surface area (Å²) in [7, 11) is 0. The number of hydrogen-bond acceptors (Lipinski definition) is 5. The molecule has 0 fully saturated rings.